The third-order valence-corrected chi connectivity index (χ3v) is 2.83. The molecule has 2 rings (SSSR count). The summed E-state index contributed by atoms with van der Waals surface area (Å²) in [4.78, 5) is 10.9. The van der Waals surface area contributed by atoms with Crippen LogP contribution in [0.5, 0.6) is 0 Å². The van der Waals surface area contributed by atoms with Crippen LogP contribution in [-0.2, 0) is 9.53 Å². The molecule has 1 saturated heterocycles. The molecule has 0 bridgehead atoms. The third-order valence-electron chi connectivity index (χ3n) is 2.16. The Bertz CT molecular complexity index is 367. The van der Waals surface area contributed by atoms with Gasteiger partial charge >= 0.3 is 0 Å². The molecule has 1 aromatic rings. The number of morpholine rings is 1. The van der Waals surface area contributed by atoms with Gasteiger partial charge in [0.15, 0.2) is 0 Å². The topological polar surface area (TPSA) is 38.3 Å². The molecule has 1 fully saturated rings. The lowest BCUT2D eigenvalue weighted by molar-refractivity contribution is -0.133. The van der Waals surface area contributed by atoms with Gasteiger partial charge in [0.05, 0.1) is 0 Å². The van der Waals surface area contributed by atoms with Crippen LogP contribution in [0.3, 0.4) is 0 Å². The molecule has 1 atom stereocenters. The van der Waals surface area contributed by atoms with Gasteiger partial charge < -0.3 is 10.1 Å². The van der Waals surface area contributed by atoms with Crippen LogP contribution < -0.4 is 5.32 Å². The molecule has 1 heterocycles. The van der Waals surface area contributed by atoms with Gasteiger partial charge in [-0.3, -0.25) is 4.79 Å². The van der Waals surface area contributed by atoms with Crippen molar-refractivity contribution in [1.29, 1.82) is 0 Å². The summed E-state index contributed by atoms with van der Waals surface area (Å²) >= 11 is 9.29. The Kier molecular flexibility index (Phi) is 3.29. The van der Waals surface area contributed by atoms with E-state index in [9.17, 15) is 4.79 Å². The molecule has 0 spiro atoms. The number of hydrogen-bond acceptors (Lipinski definition) is 2. The van der Waals surface area contributed by atoms with Crippen molar-refractivity contribution in [3.8, 4) is 0 Å². The Morgan fingerprint density at radius 3 is 2.87 bits per heavy atom. The highest BCUT2D eigenvalue weighted by molar-refractivity contribution is 9.10. The maximum atomic E-state index is 10.9. The monoisotopic (exact) mass is 289 g/mol. The molecule has 0 radical (unpaired) electrons. The van der Waals surface area contributed by atoms with Crippen molar-refractivity contribution in [3.05, 3.63) is 33.3 Å². The minimum atomic E-state index is -0.113. The fourth-order valence-electron chi connectivity index (χ4n) is 1.47. The number of nitrogens with one attached hydrogen (secondary N) is 1. The summed E-state index contributed by atoms with van der Waals surface area (Å²) in [6, 6.07) is 5.59. The Balaban J connectivity index is 2.18. The van der Waals surface area contributed by atoms with E-state index >= 15 is 0 Å². The summed E-state index contributed by atoms with van der Waals surface area (Å²) in [5.74, 6) is -0.0765. The number of rotatable bonds is 1. The second-order valence-corrected chi connectivity index (χ2v) is 4.66. The smallest absolute Gasteiger partial charge is 0.246 e. The number of hydrogen-bond donors (Lipinski definition) is 1. The summed E-state index contributed by atoms with van der Waals surface area (Å²) in [6.07, 6.45) is -0.113. The van der Waals surface area contributed by atoms with Crippen molar-refractivity contribution in [3.63, 3.8) is 0 Å². The quantitative estimate of drug-likeness (QED) is 0.862. The van der Waals surface area contributed by atoms with Crippen molar-refractivity contribution in [2.75, 3.05) is 13.2 Å². The van der Waals surface area contributed by atoms with Crippen LogP contribution in [0.25, 0.3) is 0 Å². The van der Waals surface area contributed by atoms with E-state index < -0.39 is 0 Å². The highest BCUT2D eigenvalue weighted by Crippen LogP contribution is 2.26. The second-order valence-electron chi connectivity index (χ2n) is 3.31. The largest absolute Gasteiger partial charge is 0.362 e. The van der Waals surface area contributed by atoms with E-state index in [-0.39, 0.29) is 18.6 Å². The molecule has 0 unspecified atom stereocenters. The molecule has 1 aliphatic heterocycles. The lowest BCUT2D eigenvalue weighted by Crippen LogP contribution is -2.38. The standard InChI is InChI=1S/C10H9BrClNO2/c11-7-1-6(2-8(12)3-7)9-4-13-10(14)5-15-9/h1-3,9H,4-5H2,(H,13,14)/t9-/m0/s1. The maximum absolute atomic E-state index is 10.9. The van der Waals surface area contributed by atoms with Crippen molar-refractivity contribution in [2.45, 2.75) is 6.10 Å². The Morgan fingerprint density at radius 2 is 2.27 bits per heavy atom. The molecule has 0 aliphatic carbocycles. The van der Waals surface area contributed by atoms with Crippen molar-refractivity contribution in [2.24, 2.45) is 0 Å². The average molecular weight is 291 g/mol. The summed E-state index contributed by atoms with van der Waals surface area (Å²) < 4.78 is 6.30. The predicted octanol–water partition coefficient (Wildman–Crippen LogP) is 2.29. The van der Waals surface area contributed by atoms with Gasteiger partial charge in [-0.25, -0.2) is 0 Å². The molecular formula is C10H9BrClNO2. The third kappa shape index (κ3) is 2.71. The molecule has 5 heteroatoms. The maximum Gasteiger partial charge on any atom is 0.246 e. The van der Waals surface area contributed by atoms with Crippen LogP contribution in [0.1, 0.15) is 11.7 Å². The van der Waals surface area contributed by atoms with E-state index in [1.165, 1.54) is 0 Å². The molecule has 1 N–H and O–H groups in total. The number of carbonyl (C=O) groups excluding carboxylic acids is 1. The fraction of sp³-hybridized carbons (Fsp3) is 0.300. The minimum absolute atomic E-state index is 0.0765. The zero-order chi connectivity index (χ0) is 10.8. The number of benzene rings is 1. The first-order chi connectivity index (χ1) is 7.15. The molecule has 1 amide bonds. The molecule has 3 nitrogen and oxygen atoms in total. The number of halogens is 2. The highest BCUT2D eigenvalue weighted by Gasteiger charge is 2.20. The van der Waals surface area contributed by atoms with Gasteiger partial charge in [-0.2, -0.15) is 0 Å². The molecule has 15 heavy (non-hydrogen) atoms. The summed E-state index contributed by atoms with van der Waals surface area (Å²) in [7, 11) is 0. The molecule has 0 saturated carbocycles. The van der Waals surface area contributed by atoms with Gasteiger partial charge in [-0.05, 0) is 23.8 Å². The zero-order valence-electron chi connectivity index (χ0n) is 7.80. The number of carbonyl (C=O) groups is 1. The van der Waals surface area contributed by atoms with Crippen LogP contribution >= 0.6 is 27.5 Å². The van der Waals surface area contributed by atoms with Crippen LogP contribution in [0.15, 0.2) is 22.7 Å². The van der Waals surface area contributed by atoms with E-state index in [1.54, 1.807) is 0 Å². The van der Waals surface area contributed by atoms with Crippen LogP contribution in [0.2, 0.25) is 5.02 Å². The normalized spacial score (nSPS) is 21.2. The average Bonchev–Trinajstić information content (AvgIpc) is 2.17. The van der Waals surface area contributed by atoms with E-state index in [4.69, 9.17) is 16.3 Å². The van der Waals surface area contributed by atoms with E-state index in [0.717, 1.165) is 10.0 Å². The van der Waals surface area contributed by atoms with E-state index in [1.807, 2.05) is 18.2 Å². The first-order valence-corrected chi connectivity index (χ1v) is 5.66. The molecule has 1 aromatic carbocycles. The Morgan fingerprint density at radius 1 is 1.47 bits per heavy atom. The van der Waals surface area contributed by atoms with E-state index in [0.29, 0.717) is 11.6 Å². The summed E-state index contributed by atoms with van der Waals surface area (Å²) in [5, 5.41) is 3.40. The lowest BCUT2D eigenvalue weighted by atomic mass is 10.1. The predicted molar refractivity (Wildman–Crippen MR) is 60.9 cm³/mol. The van der Waals surface area contributed by atoms with Crippen LogP contribution in [0.4, 0.5) is 0 Å². The lowest BCUT2D eigenvalue weighted by Gasteiger charge is -2.23. The highest BCUT2D eigenvalue weighted by atomic mass is 79.9. The summed E-state index contributed by atoms with van der Waals surface area (Å²) in [6.45, 7) is 0.598. The van der Waals surface area contributed by atoms with Crippen LogP contribution in [0, 0.1) is 0 Å². The summed E-state index contributed by atoms with van der Waals surface area (Å²) in [5.41, 5.74) is 0.967. The van der Waals surface area contributed by atoms with Gasteiger partial charge in [-0.15, -0.1) is 0 Å². The first kappa shape index (κ1) is 10.9. The van der Waals surface area contributed by atoms with Crippen molar-refractivity contribution < 1.29 is 9.53 Å². The van der Waals surface area contributed by atoms with Gasteiger partial charge in [0.1, 0.15) is 12.7 Å². The molecule has 80 valence electrons. The molecule has 0 aromatic heterocycles. The van der Waals surface area contributed by atoms with Gasteiger partial charge in [0.25, 0.3) is 0 Å². The number of amides is 1. The first-order valence-electron chi connectivity index (χ1n) is 4.49. The zero-order valence-corrected chi connectivity index (χ0v) is 10.1. The van der Waals surface area contributed by atoms with E-state index in [2.05, 4.69) is 21.2 Å². The molecule has 1 aliphatic rings. The van der Waals surface area contributed by atoms with Gasteiger partial charge in [0.2, 0.25) is 5.91 Å². The van der Waals surface area contributed by atoms with Gasteiger partial charge in [-0.1, -0.05) is 27.5 Å². The van der Waals surface area contributed by atoms with Crippen molar-refractivity contribution in [1.82, 2.24) is 5.32 Å². The van der Waals surface area contributed by atoms with Crippen molar-refractivity contribution >= 4 is 33.4 Å². The Labute approximate surface area is 101 Å². The number of ether oxygens (including phenoxy) is 1. The van der Waals surface area contributed by atoms with Gasteiger partial charge in [0, 0.05) is 16.0 Å². The SMILES string of the molecule is O=C1CO[C@H](c2cc(Cl)cc(Br)c2)CN1. The van der Waals surface area contributed by atoms with Crippen LogP contribution in [-0.4, -0.2) is 19.1 Å². The molecular weight excluding hydrogens is 281 g/mol. The minimum Gasteiger partial charge on any atom is -0.362 e. The second kappa shape index (κ2) is 4.51. The Hall–Kier alpha value is -0.580. The fourth-order valence-corrected chi connectivity index (χ4v) is 2.35.